The van der Waals surface area contributed by atoms with Gasteiger partial charge in [-0.2, -0.15) is 0 Å². The summed E-state index contributed by atoms with van der Waals surface area (Å²) in [5, 5.41) is 18.6. The van der Waals surface area contributed by atoms with Crippen LogP contribution in [0.5, 0.6) is 0 Å². The molecule has 9 heteroatoms. The smallest absolute Gasteiger partial charge is 0.354 e. The lowest BCUT2D eigenvalue weighted by atomic mass is 9.92. The Morgan fingerprint density at radius 1 is 1.46 bits per heavy atom. The Kier molecular flexibility index (Phi) is 4.66. The van der Waals surface area contributed by atoms with Crippen LogP contribution in [-0.2, 0) is 9.59 Å². The number of carboxylic acid groups (broad SMARTS) is 1. The van der Waals surface area contributed by atoms with Gasteiger partial charge in [-0.15, -0.1) is 11.8 Å². The molecule has 0 aromatic carbocycles. The van der Waals surface area contributed by atoms with Crippen LogP contribution in [0.1, 0.15) is 17.4 Å². The molecule has 1 amide bonds. The van der Waals surface area contributed by atoms with Crippen LogP contribution in [0.15, 0.2) is 34.3 Å². The zero-order valence-corrected chi connectivity index (χ0v) is 14.2. The number of hydrogen-bond acceptors (Lipinski definition) is 7. The van der Waals surface area contributed by atoms with E-state index in [0.29, 0.717) is 9.93 Å². The third kappa shape index (κ3) is 2.83. The second-order valence-corrected chi connectivity index (χ2v) is 7.72. The maximum Gasteiger partial charge on any atom is 0.354 e. The first-order valence-electron chi connectivity index (χ1n) is 7.14. The molecule has 1 fully saturated rings. The molecule has 1 aromatic heterocycles. The van der Waals surface area contributed by atoms with E-state index in [0.717, 1.165) is 11.8 Å². The van der Waals surface area contributed by atoms with Crippen molar-refractivity contribution in [3.63, 3.8) is 0 Å². The number of pyridine rings is 1. The molecular weight excluding hydrogens is 352 g/mol. The fourth-order valence-corrected chi connectivity index (χ4v) is 5.38. The van der Waals surface area contributed by atoms with Gasteiger partial charge in [0.15, 0.2) is 11.5 Å². The molecule has 0 unspecified atom stereocenters. The highest BCUT2D eigenvalue weighted by atomic mass is 32.2. The number of aliphatic hydroxyl groups excluding tert-OH is 1. The van der Waals surface area contributed by atoms with E-state index in [9.17, 15) is 24.6 Å². The molecule has 3 heterocycles. The maximum absolute atomic E-state index is 12.1. The number of carbonyl (C=O) groups is 3. The van der Waals surface area contributed by atoms with Gasteiger partial charge < -0.3 is 10.2 Å². The molecule has 0 aliphatic carbocycles. The predicted octanol–water partition coefficient (Wildman–Crippen LogP) is 1.16. The van der Waals surface area contributed by atoms with E-state index in [1.165, 1.54) is 29.8 Å². The van der Waals surface area contributed by atoms with Crippen LogP contribution in [0.2, 0.25) is 0 Å². The van der Waals surface area contributed by atoms with Gasteiger partial charge in [-0.05, 0) is 19.1 Å². The lowest BCUT2D eigenvalue weighted by Gasteiger charge is -2.43. The number of ketones is 1. The highest BCUT2D eigenvalue weighted by Gasteiger charge is 2.57. The second kappa shape index (κ2) is 6.58. The lowest BCUT2D eigenvalue weighted by molar-refractivity contribution is -0.156. The largest absolute Gasteiger partial charge is 0.477 e. The van der Waals surface area contributed by atoms with E-state index < -0.39 is 29.3 Å². The number of rotatable bonds is 6. The fraction of sp³-hybridized carbons (Fsp3) is 0.333. The first kappa shape index (κ1) is 17.0. The van der Waals surface area contributed by atoms with E-state index in [1.807, 2.05) is 0 Å². The summed E-state index contributed by atoms with van der Waals surface area (Å²) >= 11 is 2.29. The first-order chi connectivity index (χ1) is 11.4. The number of amides is 1. The summed E-state index contributed by atoms with van der Waals surface area (Å²) < 4.78 is 0.410. The van der Waals surface area contributed by atoms with Gasteiger partial charge in [0.25, 0.3) is 0 Å². The van der Waals surface area contributed by atoms with Crippen molar-refractivity contribution < 1.29 is 24.6 Å². The Labute approximate surface area is 146 Å². The van der Waals surface area contributed by atoms with Crippen LogP contribution in [0, 0.1) is 5.92 Å². The minimum atomic E-state index is -1.21. The van der Waals surface area contributed by atoms with Crippen LogP contribution in [0.25, 0.3) is 0 Å². The number of Topliss-reactive ketones (excluding diaryl/α,β-unsaturated/α-hetero) is 1. The van der Waals surface area contributed by atoms with Gasteiger partial charge in [0.05, 0.1) is 22.0 Å². The van der Waals surface area contributed by atoms with E-state index in [2.05, 4.69) is 4.98 Å². The van der Waals surface area contributed by atoms with Crippen molar-refractivity contribution >= 4 is 41.2 Å². The van der Waals surface area contributed by atoms with Gasteiger partial charge in [-0.1, -0.05) is 17.8 Å². The predicted molar refractivity (Wildman–Crippen MR) is 89.1 cm³/mol. The molecular formula is C15H14N2O5S2. The number of aliphatic carboxylic acids is 1. The highest BCUT2D eigenvalue weighted by Crippen LogP contribution is 2.53. The van der Waals surface area contributed by atoms with Crippen LogP contribution in [0.3, 0.4) is 0 Å². The molecule has 0 radical (unpaired) electrons. The van der Waals surface area contributed by atoms with Crippen molar-refractivity contribution in [2.24, 2.45) is 5.92 Å². The first-order valence-corrected chi connectivity index (χ1v) is 9.00. The highest BCUT2D eigenvalue weighted by molar-refractivity contribution is 8.23. The average molecular weight is 366 g/mol. The van der Waals surface area contributed by atoms with Crippen molar-refractivity contribution in [3.8, 4) is 0 Å². The summed E-state index contributed by atoms with van der Waals surface area (Å²) in [6.45, 7) is 1.51. The van der Waals surface area contributed by atoms with Crippen molar-refractivity contribution in [3.05, 3.63) is 40.0 Å². The molecule has 7 nitrogen and oxygen atoms in total. The van der Waals surface area contributed by atoms with Gasteiger partial charge in [0, 0.05) is 6.20 Å². The molecule has 2 aliphatic heterocycles. The van der Waals surface area contributed by atoms with Gasteiger partial charge >= 0.3 is 5.97 Å². The second-order valence-electron chi connectivity index (χ2n) is 5.35. The molecule has 0 saturated carbocycles. The number of fused-ring (bicyclic) bond motifs is 1. The zero-order valence-electron chi connectivity index (χ0n) is 12.6. The van der Waals surface area contributed by atoms with Crippen molar-refractivity contribution in [2.75, 3.05) is 5.75 Å². The Hall–Kier alpha value is -1.84. The van der Waals surface area contributed by atoms with Crippen LogP contribution in [-0.4, -0.2) is 55.0 Å². The number of carbonyl (C=O) groups excluding carboxylic acids is 2. The molecule has 0 spiro atoms. The normalized spacial score (nSPS) is 23.8. The third-order valence-corrected chi connectivity index (χ3v) is 6.41. The third-order valence-electron chi connectivity index (χ3n) is 3.75. The molecule has 1 saturated heterocycles. The number of thioether (sulfide) groups is 2. The summed E-state index contributed by atoms with van der Waals surface area (Å²) in [7, 11) is 0. The molecule has 24 heavy (non-hydrogen) atoms. The van der Waals surface area contributed by atoms with Crippen LogP contribution >= 0.6 is 23.5 Å². The number of β-lactam (4-membered cyclic amide) rings is 1. The van der Waals surface area contributed by atoms with Gasteiger partial charge in [0.2, 0.25) is 5.91 Å². The minimum Gasteiger partial charge on any atom is -0.477 e. The maximum atomic E-state index is 12.1. The molecule has 2 N–H and O–H groups in total. The summed E-state index contributed by atoms with van der Waals surface area (Å²) in [6, 6.07) is 5.00. The number of nitrogens with zero attached hydrogens (tertiary/aromatic N) is 2. The fourth-order valence-electron chi connectivity index (χ4n) is 2.58. The van der Waals surface area contributed by atoms with Gasteiger partial charge in [-0.3, -0.25) is 19.5 Å². The topological polar surface area (TPSA) is 108 Å². The standard InChI is InChI=1S/C15H14N2O5S2/c1-7(18)10-12(20)17-11(14(21)22)15(24-13(10)17)23-6-9(19)8-4-2-3-5-16-8/h2-5,7,10,13,18H,6H2,1H3,(H,21,22)/t7-,10+,13+/m0/s1. The monoisotopic (exact) mass is 366 g/mol. The van der Waals surface area contributed by atoms with Crippen LogP contribution in [0.4, 0.5) is 0 Å². The summed E-state index contributed by atoms with van der Waals surface area (Å²) in [6.07, 6.45) is 0.669. The Morgan fingerprint density at radius 2 is 2.21 bits per heavy atom. The number of carboxylic acids is 1. The van der Waals surface area contributed by atoms with Crippen LogP contribution < -0.4 is 0 Å². The van der Waals surface area contributed by atoms with E-state index in [-0.39, 0.29) is 17.2 Å². The Balaban J connectivity index is 1.74. The molecule has 2 aliphatic rings. The van der Waals surface area contributed by atoms with Crippen molar-refractivity contribution in [1.29, 1.82) is 0 Å². The number of aromatic nitrogens is 1. The molecule has 3 atom stereocenters. The quantitative estimate of drug-likeness (QED) is 0.570. The van der Waals surface area contributed by atoms with Gasteiger partial charge in [-0.25, -0.2) is 4.79 Å². The van der Waals surface area contributed by atoms with Gasteiger partial charge in [0.1, 0.15) is 11.1 Å². The number of hydrogen-bond donors (Lipinski definition) is 2. The molecule has 1 aromatic rings. The SMILES string of the molecule is C[C@H](O)[C@@H]1C(=O)N2C(C(=O)O)=C(SCC(=O)c3ccccn3)S[C@H]12. The zero-order chi connectivity index (χ0) is 17.4. The number of aliphatic hydroxyl groups is 1. The Bertz CT molecular complexity index is 735. The summed E-state index contributed by atoms with van der Waals surface area (Å²) in [5.41, 5.74) is 0.206. The summed E-state index contributed by atoms with van der Waals surface area (Å²) in [5.74, 6) is -2.41. The molecule has 126 valence electrons. The average Bonchev–Trinajstić information content (AvgIpc) is 2.87. The Morgan fingerprint density at radius 3 is 2.79 bits per heavy atom. The van der Waals surface area contributed by atoms with E-state index in [1.54, 1.807) is 18.2 Å². The van der Waals surface area contributed by atoms with E-state index >= 15 is 0 Å². The molecule has 3 rings (SSSR count). The van der Waals surface area contributed by atoms with E-state index in [4.69, 9.17) is 0 Å². The lowest BCUT2D eigenvalue weighted by Crippen LogP contribution is -2.60. The minimum absolute atomic E-state index is 0.0320. The molecule has 0 bridgehead atoms. The van der Waals surface area contributed by atoms with Crippen molar-refractivity contribution in [1.82, 2.24) is 9.88 Å². The van der Waals surface area contributed by atoms with Crippen molar-refractivity contribution in [2.45, 2.75) is 18.4 Å². The summed E-state index contributed by atoms with van der Waals surface area (Å²) in [4.78, 5) is 40.8.